The van der Waals surface area contributed by atoms with E-state index in [0.29, 0.717) is 0 Å². The number of allylic oxidation sites excluding steroid dienone is 1. The average Bonchev–Trinajstić information content (AvgIpc) is 2.48. The van der Waals surface area contributed by atoms with Gasteiger partial charge in [-0.25, -0.2) is 0 Å². The van der Waals surface area contributed by atoms with Crippen molar-refractivity contribution in [3.05, 3.63) is 39.9 Å². The maximum absolute atomic E-state index is 9.70. The van der Waals surface area contributed by atoms with E-state index in [9.17, 15) is 5.11 Å². The molecule has 0 heterocycles. The molecular weight excluding hydrogens is 312 g/mol. The molecule has 1 atom stereocenters. The van der Waals surface area contributed by atoms with E-state index in [1.54, 1.807) is 0 Å². The lowest BCUT2D eigenvalue weighted by Gasteiger charge is -2.27. The van der Waals surface area contributed by atoms with Gasteiger partial charge >= 0.3 is 0 Å². The highest BCUT2D eigenvalue weighted by Gasteiger charge is 2.21. The Labute approximate surface area is 131 Å². The van der Waals surface area contributed by atoms with Crippen molar-refractivity contribution in [2.24, 2.45) is 5.92 Å². The van der Waals surface area contributed by atoms with Gasteiger partial charge in [-0.15, -0.1) is 0 Å². The third kappa shape index (κ3) is 4.20. The Morgan fingerprint density at radius 3 is 2.60 bits per heavy atom. The number of hydrogen-bond donors (Lipinski definition) is 1. The largest absolute Gasteiger partial charge is 0.392 e. The fourth-order valence-electron chi connectivity index (χ4n) is 3.19. The minimum atomic E-state index is 0.218. The van der Waals surface area contributed by atoms with Crippen LogP contribution in [0.15, 0.2) is 34.3 Å². The predicted octanol–water partition coefficient (Wildman–Crippen LogP) is 5.58. The van der Waals surface area contributed by atoms with Crippen molar-refractivity contribution in [3.63, 3.8) is 0 Å². The molecule has 1 aromatic rings. The minimum Gasteiger partial charge on any atom is -0.392 e. The molecule has 1 nitrogen and oxygen atoms in total. The number of hydrogen-bond acceptors (Lipinski definition) is 1. The van der Waals surface area contributed by atoms with E-state index in [1.165, 1.54) is 48.8 Å². The number of rotatable bonds is 6. The van der Waals surface area contributed by atoms with Gasteiger partial charge in [0.2, 0.25) is 0 Å². The van der Waals surface area contributed by atoms with Crippen LogP contribution in [0.2, 0.25) is 0 Å². The zero-order valence-corrected chi connectivity index (χ0v) is 14.0. The van der Waals surface area contributed by atoms with Crippen LogP contribution < -0.4 is 0 Å². The summed E-state index contributed by atoms with van der Waals surface area (Å²) in [5.74, 6) is 0.780. The first kappa shape index (κ1) is 15.8. The lowest BCUT2D eigenvalue weighted by molar-refractivity contribution is 0.308. The van der Waals surface area contributed by atoms with Crippen LogP contribution in [0.4, 0.5) is 0 Å². The normalized spacial score (nSPS) is 19.4. The van der Waals surface area contributed by atoms with Crippen LogP contribution in [-0.4, -0.2) is 11.7 Å². The van der Waals surface area contributed by atoms with Crippen LogP contribution in [0.5, 0.6) is 0 Å². The zero-order chi connectivity index (χ0) is 14.4. The Balaban J connectivity index is 2.06. The Kier molecular flexibility index (Phi) is 6.31. The van der Waals surface area contributed by atoms with E-state index in [-0.39, 0.29) is 6.61 Å². The molecule has 1 N–H and O–H groups in total. The summed E-state index contributed by atoms with van der Waals surface area (Å²) in [6.45, 7) is 2.47. The number of benzene rings is 1. The van der Waals surface area contributed by atoms with Crippen molar-refractivity contribution < 1.29 is 5.11 Å². The molecule has 1 aliphatic carbocycles. The maximum atomic E-state index is 9.70. The van der Waals surface area contributed by atoms with Gasteiger partial charge in [0.05, 0.1) is 6.61 Å². The SMILES string of the molecule is CCCCCC1CCC(c2ccc(Br)cc2)=C(CO)C1. The fourth-order valence-corrected chi connectivity index (χ4v) is 3.45. The van der Waals surface area contributed by atoms with Crippen molar-refractivity contribution >= 4 is 21.5 Å². The molecule has 1 aromatic carbocycles. The molecule has 0 aromatic heterocycles. The molecule has 0 spiro atoms. The summed E-state index contributed by atoms with van der Waals surface area (Å²) in [7, 11) is 0. The van der Waals surface area contributed by atoms with Crippen LogP contribution >= 0.6 is 15.9 Å². The van der Waals surface area contributed by atoms with E-state index in [2.05, 4.69) is 47.1 Å². The van der Waals surface area contributed by atoms with E-state index >= 15 is 0 Å². The van der Waals surface area contributed by atoms with Crippen LogP contribution in [0.1, 0.15) is 57.4 Å². The predicted molar refractivity (Wildman–Crippen MR) is 89.6 cm³/mol. The molecule has 0 amide bonds. The van der Waals surface area contributed by atoms with E-state index in [1.807, 2.05) is 0 Å². The second kappa shape index (κ2) is 7.99. The van der Waals surface area contributed by atoms with Crippen molar-refractivity contribution in [1.82, 2.24) is 0 Å². The van der Waals surface area contributed by atoms with E-state index < -0.39 is 0 Å². The topological polar surface area (TPSA) is 20.2 Å². The van der Waals surface area contributed by atoms with Gasteiger partial charge in [-0.2, -0.15) is 0 Å². The van der Waals surface area contributed by atoms with Gasteiger partial charge in [0, 0.05) is 4.47 Å². The Morgan fingerprint density at radius 2 is 1.95 bits per heavy atom. The Morgan fingerprint density at radius 1 is 1.20 bits per heavy atom. The lowest BCUT2D eigenvalue weighted by Crippen LogP contribution is -2.12. The Hall–Kier alpha value is -0.600. The van der Waals surface area contributed by atoms with E-state index in [0.717, 1.165) is 23.2 Å². The second-order valence-electron chi connectivity index (χ2n) is 5.85. The molecule has 0 saturated carbocycles. The van der Waals surface area contributed by atoms with Gasteiger partial charge in [0.15, 0.2) is 0 Å². The molecule has 0 radical (unpaired) electrons. The van der Waals surface area contributed by atoms with Gasteiger partial charge in [-0.1, -0.05) is 60.7 Å². The van der Waals surface area contributed by atoms with Crippen molar-refractivity contribution in [1.29, 1.82) is 0 Å². The first-order valence-electron chi connectivity index (χ1n) is 7.82. The lowest BCUT2D eigenvalue weighted by atomic mass is 9.79. The van der Waals surface area contributed by atoms with Gasteiger partial charge < -0.3 is 5.11 Å². The fraction of sp³-hybridized carbons (Fsp3) is 0.556. The summed E-state index contributed by atoms with van der Waals surface area (Å²) in [5.41, 5.74) is 3.93. The number of aliphatic hydroxyl groups excluding tert-OH is 1. The highest BCUT2D eigenvalue weighted by Crippen LogP contribution is 2.37. The first-order valence-corrected chi connectivity index (χ1v) is 8.61. The molecule has 20 heavy (non-hydrogen) atoms. The average molecular weight is 337 g/mol. The molecule has 0 fully saturated rings. The molecule has 110 valence electrons. The van der Waals surface area contributed by atoms with E-state index in [4.69, 9.17) is 0 Å². The summed E-state index contributed by atoms with van der Waals surface area (Å²) < 4.78 is 1.11. The van der Waals surface area contributed by atoms with Crippen LogP contribution in [0.25, 0.3) is 5.57 Å². The van der Waals surface area contributed by atoms with Crippen LogP contribution in [-0.2, 0) is 0 Å². The highest BCUT2D eigenvalue weighted by molar-refractivity contribution is 9.10. The van der Waals surface area contributed by atoms with Crippen molar-refractivity contribution in [2.75, 3.05) is 6.61 Å². The molecule has 1 aliphatic rings. The van der Waals surface area contributed by atoms with Crippen molar-refractivity contribution in [3.8, 4) is 0 Å². The molecule has 2 heteroatoms. The number of halogens is 1. The third-order valence-corrected chi connectivity index (χ3v) is 4.89. The molecule has 0 saturated heterocycles. The van der Waals surface area contributed by atoms with Gasteiger partial charge in [0.1, 0.15) is 0 Å². The number of unbranched alkanes of at least 4 members (excludes halogenated alkanes) is 2. The zero-order valence-electron chi connectivity index (χ0n) is 12.4. The summed E-state index contributed by atoms with van der Waals surface area (Å²) >= 11 is 3.48. The summed E-state index contributed by atoms with van der Waals surface area (Å²) in [4.78, 5) is 0. The van der Waals surface area contributed by atoms with Crippen molar-refractivity contribution in [2.45, 2.75) is 51.9 Å². The minimum absolute atomic E-state index is 0.218. The summed E-state index contributed by atoms with van der Waals surface area (Å²) in [6.07, 6.45) is 8.78. The Bertz CT molecular complexity index is 447. The monoisotopic (exact) mass is 336 g/mol. The van der Waals surface area contributed by atoms with Gasteiger partial charge in [0.25, 0.3) is 0 Å². The molecule has 2 rings (SSSR count). The quantitative estimate of drug-likeness (QED) is 0.672. The molecule has 0 bridgehead atoms. The van der Waals surface area contributed by atoms with Gasteiger partial charge in [-0.3, -0.25) is 0 Å². The third-order valence-electron chi connectivity index (χ3n) is 4.36. The van der Waals surface area contributed by atoms with Crippen LogP contribution in [0.3, 0.4) is 0 Å². The molecular formula is C18H25BrO. The standard InChI is InChI=1S/C18H25BrO/c1-2-3-4-5-14-6-11-18(16(12-14)13-20)15-7-9-17(19)10-8-15/h7-10,14,20H,2-6,11-13H2,1H3. The maximum Gasteiger partial charge on any atom is 0.0647 e. The smallest absolute Gasteiger partial charge is 0.0647 e. The summed E-state index contributed by atoms with van der Waals surface area (Å²) in [5, 5.41) is 9.70. The number of aliphatic hydroxyl groups is 1. The molecule has 0 aliphatic heterocycles. The molecule has 1 unspecified atom stereocenters. The second-order valence-corrected chi connectivity index (χ2v) is 6.77. The highest BCUT2D eigenvalue weighted by atomic mass is 79.9. The van der Waals surface area contributed by atoms with Crippen LogP contribution in [0, 0.1) is 5.92 Å². The van der Waals surface area contributed by atoms with Gasteiger partial charge in [-0.05, 0) is 54.0 Å². The first-order chi connectivity index (χ1) is 9.74. The summed E-state index contributed by atoms with van der Waals surface area (Å²) in [6, 6.07) is 8.49.